The van der Waals surface area contributed by atoms with Crippen LogP contribution in [0.4, 0.5) is 0 Å². The van der Waals surface area contributed by atoms with E-state index in [1.54, 1.807) is 65.9 Å². The molecule has 160 valence electrons. The molecule has 0 bridgehead atoms. The van der Waals surface area contributed by atoms with E-state index in [4.69, 9.17) is 5.26 Å². The molecule has 0 saturated heterocycles. The average Bonchev–Trinajstić information content (AvgIpc) is 3.16. The largest absolute Gasteiger partial charge is 0.348 e. The van der Waals surface area contributed by atoms with Crippen LogP contribution in [-0.4, -0.2) is 30.3 Å². The highest BCUT2D eigenvalue weighted by Gasteiger charge is 2.18. The Kier molecular flexibility index (Phi) is 6.33. The van der Waals surface area contributed by atoms with Gasteiger partial charge in [0.1, 0.15) is 11.4 Å². The quantitative estimate of drug-likeness (QED) is 0.301. The van der Waals surface area contributed by atoms with Crippen molar-refractivity contribution in [2.45, 2.75) is 18.4 Å². The molecule has 9 nitrogen and oxygen atoms in total. The van der Waals surface area contributed by atoms with Crippen LogP contribution in [0.3, 0.4) is 0 Å². The number of hydrogen-bond acceptors (Lipinski definition) is 5. The predicted molar refractivity (Wildman–Crippen MR) is 121 cm³/mol. The highest BCUT2D eigenvalue weighted by molar-refractivity contribution is 9.10. The van der Waals surface area contributed by atoms with Crippen molar-refractivity contribution in [1.82, 2.24) is 24.4 Å². The number of aryl methyl sites for hydroxylation is 1. The van der Waals surface area contributed by atoms with Gasteiger partial charge < -0.3 is 9.88 Å². The molecule has 3 rings (SSSR count). The van der Waals surface area contributed by atoms with Crippen molar-refractivity contribution in [3.8, 4) is 12.0 Å². The van der Waals surface area contributed by atoms with Gasteiger partial charge in [0.25, 0.3) is 5.91 Å². The number of benzene rings is 1. The number of pyridine rings is 1. The number of carbonyl (C=O) groups excluding carboxylic acids is 1. The van der Waals surface area contributed by atoms with Crippen LogP contribution in [0.25, 0.3) is 5.82 Å². The second-order valence-electron chi connectivity index (χ2n) is 6.67. The van der Waals surface area contributed by atoms with E-state index < -0.39 is 21.0 Å². The lowest BCUT2D eigenvalue weighted by Gasteiger charge is -2.14. The number of halogens is 1. The standard InChI is InChI=1S/C20H19BrN6O3S/c1-13-18(21)19(28)16(11-27(13)17-8-9-24-26(17)2)20(29)23-10-14-4-6-15(7-5-14)31(3,30)25-12-22/h4-9,11H,3,10H2,1-2H3,(H,23,29)(H,25,30). The van der Waals surface area contributed by atoms with E-state index in [-0.39, 0.29) is 12.1 Å². The molecule has 2 aromatic heterocycles. The number of carbonyl (C=O) groups is 1. The highest BCUT2D eigenvalue weighted by atomic mass is 79.9. The molecule has 0 aliphatic carbocycles. The molecule has 2 heterocycles. The molecule has 1 aromatic carbocycles. The average molecular weight is 503 g/mol. The minimum absolute atomic E-state index is 0.0192. The summed E-state index contributed by atoms with van der Waals surface area (Å²) >= 11 is 3.29. The normalized spacial score (nSPS) is 12.6. The van der Waals surface area contributed by atoms with E-state index in [2.05, 4.69) is 36.9 Å². The maximum absolute atomic E-state index is 12.8. The number of hydrogen-bond donors (Lipinski definition) is 2. The summed E-state index contributed by atoms with van der Waals surface area (Å²) in [6.07, 6.45) is 4.74. The van der Waals surface area contributed by atoms with E-state index in [0.717, 1.165) is 5.56 Å². The Morgan fingerprint density at radius 3 is 2.58 bits per heavy atom. The van der Waals surface area contributed by atoms with Gasteiger partial charge >= 0.3 is 0 Å². The van der Waals surface area contributed by atoms with Gasteiger partial charge in [0.2, 0.25) is 5.43 Å². The summed E-state index contributed by atoms with van der Waals surface area (Å²) in [6.45, 7) is 1.92. The molecular weight excluding hydrogens is 484 g/mol. The third-order valence-corrected chi connectivity index (χ3v) is 7.02. The zero-order valence-corrected chi connectivity index (χ0v) is 19.2. The van der Waals surface area contributed by atoms with Crippen molar-refractivity contribution < 1.29 is 9.00 Å². The van der Waals surface area contributed by atoms with E-state index in [9.17, 15) is 13.8 Å². The van der Waals surface area contributed by atoms with Crippen LogP contribution in [0.2, 0.25) is 0 Å². The molecule has 1 amide bonds. The topological polar surface area (TPSA) is 122 Å². The van der Waals surface area contributed by atoms with Gasteiger partial charge in [-0.1, -0.05) is 12.1 Å². The lowest BCUT2D eigenvalue weighted by Crippen LogP contribution is -2.30. The molecule has 1 atom stereocenters. The fraction of sp³-hybridized carbons (Fsp3) is 0.150. The first-order valence-electron chi connectivity index (χ1n) is 8.96. The van der Waals surface area contributed by atoms with Gasteiger partial charge in [-0.2, -0.15) is 10.4 Å². The van der Waals surface area contributed by atoms with E-state index in [1.807, 2.05) is 0 Å². The van der Waals surface area contributed by atoms with Gasteiger partial charge in [0, 0.05) is 31.5 Å². The molecule has 1 unspecified atom stereocenters. The number of nitriles is 1. The molecule has 0 spiro atoms. The molecule has 11 heteroatoms. The minimum Gasteiger partial charge on any atom is -0.348 e. The SMILES string of the molecule is C=S(=O)(NC#N)c1ccc(CNC(=O)c2cn(-c3ccnn3C)c(C)c(Br)c2=O)cc1. The molecule has 3 aromatic rings. The third kappa shape index (κ3) is 4.55. The van der Waals surface area contributed by atoms with Crippen molar-refractivity contribution in [2.75, 3.05) is 0 Å². The summed E-state index contributed by atoms with van der Waals surface area (Å²) in [5.74, 6) is 3.68. The second kappa shape index (κ2) is 8.79. The monoisotopic (exact) mass is 502 g/mol. The second-order valence-corrected chi connectivity index (χ2v) is 9.49. The van der Waals surface area contributed by atoms with Gasteiger partial charge in [-0.25, -0.2) is 8.93 Å². The van der Waals surface area contributed by atoms with Crippen LogP contribution >= 0.6 is 15.9 Å². The zero-order valence-electron chi connectivity index (χ0n) is 16.8. The van der Waals surface area contributed by atoms with Crippen molar-refractivity contribution in [3.63, 3.8) is 0 Å². The molecule has 31 heavy (non-hydrogen) atoms. The number of amides is 1. The number of rotatable bonds is 6. The zero-order chi connectivity index (χ0) is 22.8. The molecular formula is C20H19BrN6O3S. The lowest BCUT2D eigenvalue weighted by atomic mass is 10.2. The van der Waals surface area contributed by atoms with Gasteiger partial charge in [0.05, 0.1) is 25.3 Å². The highest BCUT2D eigenvalue weighted by Crippen LogP contribution is 2.17. The Labute approximate surface area is 187 Å². The summed E-state index contributed by atoms with van der Waals surface area (Å²) in [5, 5.41) is 15.5. The first-order valence-corrected chi connectivity index (χ1v) is 11.5. The minimum atomic E-state index is -2.90. The molecule has 0 fully saturated rings. The fourth-order valence-corrected chi connectivity index (χ4v) is 4.16. The maximum atomic E-state index is 12.8. The van der Waals surface area contributed by atoms with Crippen molar-refractivity contribution >= 4 is 37.4 Å². The van der Waals surface area contributed by atoms with Crippen LogP contribution in [0.5, 0.6) is 0 Å². The fourth-order valence-electron chi connectivity index (χ4n) is 2.91. The summed E-state index contributed by atoms with van der Waals surface area (Å²) in [4.78, 5) is 25.8. The number of aromatic nitrogens is 3. The molecule has 0 saturated carbocycles. The van der Waals surface area contributed by atoms with Crippen molar-refractivity contribution in [1.29, 1.82) is 5.26 Å². The van der Waals surface area contributed by atoms with Crippen molar-refractivity contribution in [3.05, 3.63) is 74.2 Å². The Bertz CT molecular complexity index is 1350. The predicted octanol–water partition coefficient (Wildman–Crippen LogP) is 1.63. The first kappa shape index (κ1) is 22.3. The Balaban J connectivity index is 1.83. The summed E-state index contributed by atoms with van der Waals surface area (Å²) < 4.78 is 18.1. The Hall–Kier alpha value is -3.36. The van der Waals surface area contributed by atoms with E-state index in [1.165, 1.54) is 6.20 Å². The Morgan fingerprint density at radius 2 is 2.00 bits per heavy atom. The molecule has 0 radical (unpaired) electrons. The molecule has 2 N–H and O–H groups in total. The lowest BCUT2D eigenvalue weighted by molar-refractivity contribution is 0.0949. The third-order valence-electron chi connectivity index (χ3n) is 4.64. The van der Waals surface area contributed by atoms with Gasteiger partial charge in [0.15, 0.2) is 6.19 Å². The summed E-state index contributed by atoms with van der Waals surface area (Å²) in [7, 11) is -1.14. The number of nitrogens with zero attached hydrogens (tertiary/aromatic N) is 4. The van der Waals surface area contributed by atoms with Gasteiger partial charge in [-0.05, 0) is 46.4 Å². The molecule has 0 aliphatic heterocycles. The van der Waals surface area contributed by atoms with Crippen LogP contribution < -0.4 is 15.5 Å². The molecule has 0 aliphatic rings. The van der Waals surface area contributed by atoms with Crippen LogP contribution in [0.15, 0.2) is 56.9 Å². The van der Waals surface area contributed by atoms with E-state index in [0.29, 0.717) is 20.9 Å². The van der Waals surface area contributed by atoms with Crippen LogP contribution in [0, 0.1) is 18.4 Å². The summed E-state index contributed by atoms with van der Waals surface area (Å²) in [6, 6.07) is 8.24. The van der Waals surface area contributed by atoms with Crippen molar-refractivity contribution in [2.24, 2.45) is 7.05 Å². The van der Waals surface area contributed by atoms with Crippen LogP contribution in [-0.2, 0) is 23.3 Å². The first-order chi connectivity index (χ1) is 14.7. The smallest absolute Gasteiger partial charge is 0.257 e. The maximum Gasteiger partial charge on any atom is 0.257 e. The van der Waals surface area contributed by atoms with Gasteiger partial charge in [-0.15, -0.1) is 0 Å². The summed E-state index contributed by atoms with van der Waals surface area (Å²) in [5.41, 5.74) is 0.934. The number of nitrogens with one attached hydrogen (secondary N) is 2. The van der Waals surface area contributed by atoms with E-state index >= 15 is 0 Å². The van der Waals surface area contributed by atoms with Gasteiger partial charge in [-0.3, -0.25) is 14.3 Å². The van der Waals surface area contributed by atoms with Crippen LogP contribution in [0.1, 0.15) is 21.6 Å². The Morgan fingerprint density at radius 1 is 1.32 bits per heavy atom.